The molecule has 0 aromatic heterocycles. The van der Waals surface area contributed by atoms with Crippen molar-refractivity contribution in [1.82, 2.24) is 5.32 Å². The number of hydrogen-bond acceptors (Lipinski definition) is 8. The van der Waals surface area contributed by atoms with Crippen LogP contribution >= 0.6 is 0 Å². The minimum Gasteiger partial charge on any atom is -0.394 e. The summed E-state index contributed by atoms with van der Waals surface area (Å²) in [6.07, 6.45) is 55.4. The summed E-state index contributed by atoms with van der Waals surface area (Å²) in [6.45, 7) is 3.65. The number of amides is 1. The predicted molar refractivity (Wildman–Crippen MR) is 262 cm³/mol. The lowest BCUT2D eigenvalue weighted by atomic mass is 9.99. The molecule has 9 nitrogen and oxygen atoms in total. The van der Waals surface area contributed by atoms with Gasteiger partial charge in [-0.05, 0) is 77.0 Å². The smallest absolute Gasteiger partial charge is 0.220 e. The molecule has 0 saturated carbocycles. The second-order valence-electron chi connectivity index (χ2n) is 16.5. The molecule has 0 bridgehead atoms. The van der Waals surface area contributed by atoms with Gasteiger partial charge in [0.25, 0.3) is 0 Å². The minimum absolute atomic E-state index is 0.169. The van der Waals surface area contributed by atoms with Crippen molar-refractivity contribution in [2.45, 2.75) is 211 Å². The monoisotopic (exact) mass is 880 g/mol. The minimum atomic E-state index is -1.57. The molecule has 7 atom stereocenters. The molecule has 358 valence electrons. The highest BCUT2D eigenvalue weighted by Gasteiger charge is 2.44. The Morgan fingerprint density at radius 2 is 0.968 bits per heavy atom. The van der Waals surface area contributed by atoms with E-state index in [1.54, 1.807) is 0 Å². The topological polar surface area (TPSA) is 149 Å². The van der Waals surface area contributed by atoms with E-state index < -0.39 is 49.5 Å². The summed E-state index contributed by atoms with van der Waals surface area (Å²) in [5.41, 5.74) is 0. The Balaban J connectivity index is 2.31. The van der Waals surface area contributed by atoms with Crippen molar-refractivity contribution >= 4 is 5.91 Å². The summed E-state index contributed by atoms with van der Waals surface area (Å²) in [7, 11) is 0. The van der Waals surface area contributed by atoms with E-state index in [-0.39, 0.29) is 18.9 Å². The van der Waals surface area contributed by atoms with E-state index in [2.05, 4.69) is 129 Å². The Kier molecular flexibility index (Phi) is 39.3. The number of carbonyl (C=O) groups is 1. The fraction of sp³-hybridized carbons (Fsp3) is 0.648. The number of rotatable bonds is 39. The van der Waals surface area contributed by atoms with Crippen LogP contribution in [0.3, 0.4) is 0 Å². The summed E-state index contributed by atoms with van der Waals surface area (Å²) in [6, 6.07) is -0.756. The summed E-state index contributed by atoms with van der Waals surface area (Å²) >= 11 is 0. The van der Waals surface area contributed by atoms with Crippen molar-refractivity contribution in [3.05, 3.63) is 109 Å². The molecular formula is C54H89NO8. The molecule has 9 heteroatoms. The Bertz CT molecular complexity index is 1340. The van der Waals surface area contributed by atoms with Gasteiger partial charge in [0, 0.05) is 6.42 Å². The molecule has 0 aliphatic carbocycles. The average Bonchev–Trinajstić information content (AvgIpc) is 3.28. The number of unbranched alkanes of at least 4 members (excludes halogenated alkanes) is 11. The average molecular weight is 880 g/mol. The zero-order valence-electron chi connectivity index (χ0n) is 39.3. The van der Waals surface area contributed by atoms with E-state index in [0.717, 1.165) is 83.5 Å². The first kappa shape index (κ1) is 57.9. The molecule has 1 aliphatic rings. The van der Waals surface area contributed by atoms with Gasteiger partial charge in [-0.15, -0.1) is 0 Å². The maximum atomic E-state index is 13.0. The molecule has 1 amide bonds. The van der Waals surface area contributed by atoms with Crippen molar-refractivity contribution in [1.29, 1.82) is 0 Å². The molecule has 63 heavy (non-hydrogen) atoms. The Morgan fingerprint density at radius 3 is 1.40 bits per heavy atom. The highest BCUT2D eigenvalue weighted by atomic mass is 16.7. The largest absolute Gasteiger partial charge is 0.394 e. The third-order valence-electron chi connectivity index (χ3n) is 10.9. The van der Waals surface area contributed by atoms with Gasteiger partial charge >= 0.3 is 0 Å². The number of carbonyl (C=O) groups excluding carboxylic acids is 1. The lowest BCUT2D eigenvalue weighted by molar-refractivity contribution is -0.302. The second kappa shape index (κ2) is 42.8. The second-order valence-corrected chi connectivity index (χ2v) is 16.5. The number of aliphatic hydroxyl groups is 5. The Labute approximate surface area is 383 Å². The molecule has 1 rings (SSSR count). The lowest BCUT2D eigenvalue weighted by Gasteiger charge is -2.40. The Hall–Kier alpha value is -3.15. The van der Waals surface area contributed by atoms with Crippen LogP contribution in [0.15, 0.2) is 109 Å². The highest BCUT2D eigenvalue weighted by Crippen LogP contribution is 2.23. The van der Waals surface area contributed by atoms with E-state index in [0.29, 0.717) is 12.8 Å². The van der Waals surface area contributed by atoms with Crippen LogP contribution in [0.1, 0.15) is 168 Å². The van der Waals surface area contributed by atoms with Crippen LogP contribution < -0.4 is 5.32 Å². The van der Waals surface area contributed by atoms with E-state index >= 15 is 0 Å². The fourth-order valence-electron chi connectivity index (χ4n) is 6.98. The third kappa shape index (κ3) is 33.1. The van der Waals surface area contributed by atoms with Gasteiger partial charge in [-0.2, -0.15) is 0 Å². The summed E-state index contributed by atoms with van der Waals surface area (Å²) in [5, 5.41) is 54.3. The van der Waals surface area contributed by atoms with Crippen molar-refractivity contribution in [2.75, 3.05) is 13.2 Å². The summed E-state index contributed by atoms with van der Waals surface area (Å²) in [5.74, 6) is -0.209. The maximum absolute atomic E-state index is 13.0. The molecule has 1 fully saturated rings. The summed E-state index contributed by atoms with van der Waals surface area (Å²) < 4.78 is 11.2. The standard InChI is InChI=1S/C54H89NO8/c1-3-5-7-9-11-13-15-16-17-18-19-20-21-22-23-24-25-26-27-28-29-30-31-32-34-36-38-40-42-44-50(58)55-47(46-62-54-53(61)52(60)51(59)49(45-56)63-54)48(57)43-41-39-37-35-33-14-12-10-8-6-4-2/h5,7,11,13,16-17,19-20,22-23,25-26,28-29,31-32,36,38,47-49,51-54,56-57,59-61H,3-4,6,8-10,12,14-15,18,21,24,27,30,33-35,37,39-46H2,1-2H3,(H,55,58)/b7-5-,13-11-,17-16-,20-19-,23-22-,26-25-,29-28-,32-31-,38-36-. The van der Waals surface area contributed by atoms with Gasteiger partial charge < -0.3 is 40.3 Å². The number of hydrogen-bond donors (Lipinski definition) is 6. The van der Waals surface area contributed by atoms with Gasteiger partial charge in [-0.25, -0.2) is 0 Å². The van der Waals surface area contributed by atoms with Gasteiger partial charge in [0.05, 0.1) is 25.4 Å². The first-order valence-electron chi connectivity index (χ1n) is 24.6. The van der Waals surface area contributed by atoms with E-state index in [4.69, 9.17) is 9.47 Å². The van der Waals surface area contributed by atoms with E-state index in [1.807, 2.05) is 0 Å². The molecule has 1 saturated heterocycles. The number of ether oxygens (including phenoxy) is 2. The molecule has 0 spiro atoms. The molecule has 0 aromatic carbocycles. The van der Waals surface area contributed by atoms with Crippen LogP contribution in [0.4, 0.5) is 0 Å². The highest BCUT2D eigenvalue weighted by molar-refractivity contribution is 5.76. The SMILES string of the molecule is CC/C=C\C/C=C\C/C=C\C/C=C\C/C=C\C/C=C\C/C=C\C/C=C\C/C=C\CCCC(=O)NC(COC1OC(CO)C(O)C(O)C1O)C(O)CCCCCCCCCCCCC. The van der Waals surface area contributed by atoms with Gasteiger partial charge in [0.1, 0.15) is 24.4 Å². The third-order valence-corrected chi connectivity index (χ3v) is 10.9. The van der Waals surface area contributed by atoms with Crippen LogP contribution in [0, 0.1) is 0 Å². The van der Waals surface area contributed by atoms with Crippen LogP contribution in [0.5, 0.6) is 0 Å². The zero-order chi connectivity index (χ0) is 45.9. The molecule has 6 N–H and O–H groups in total. The molecule has 1 heterocycles. The van der Waals surface area contributed by atoms with Gasteiger partial charge in [0.15, 0.2) is 6.29 Å². The van der Waals surface area contributed by atoms with Crippen molar-refractivity contribution in [2.24, 2.45) is 0 Å². The van der Waals surface area contributed by atoms with Crippen LogP contribution in [-0.2, 0) is 14.3 Å². The number of aliphatic hydroxyl groups excluding tert-OH is 5. The van der Waals surface area contributed by atoms with Crippen LogP contribution in [-0.4, -0.2) is 87.5 Å². The maximum Gasteiger partial charge on any atom is 0.220 e. The Morgan fingerprint density at radius 1 is 0.556 bits per heavy atom. The molecule has 0 aromatic rings. The van der Waals surface area contributed by atoms with Gasteiger partial charge in [-0.3, -0.25) is 4.79 Å². The number of nitrogens with one attached hydrogen (secondary N) is 1. The van der Waals surface area contributed by atoms with Crippen LogP contribution in [0.25, 0.3) is 0 Å². The van der Waals surface area contributed by atoms with E-state index in [9.17, 15) is 30.3 Å². The first-order valence-corrected chi connectivity index (χ1v) is 24.6. The quantitative estimate of drug-likeness (QED) is 0.0264. The van der Waals surface area contributed by atoms with Gasteiger partial charge in [0.2, 0.25) is 5.91 Å². The molecule has 0 radical (unpaired) electrons. The normalized spacial score (nSPS) is 21.2. The first-order chi connectivity index (χ1) is 30.8. The van der Waals surface area contributed by atoms with Crippen LogP contribution in [0.2, 0.25) is 0 Å². The van der Waals surface area contributed by atoms with Crippen molar-refractivity contribution in [3.8, 4) is 0 Å². The van der Waals surface area contributed by atoms with Gasteiger partial charge in [-0.1, -0.05) is 194 Å². The zero-order valence-corrected chi connectivity index (χ0v) is 39.3. The molecular weight excluding hydrogens is 791 g/mol. The predicted octanol–water partition coefficient (Wildman–Crippen LogP) is 11.1. The summed E-state index contributed by atoms with van der Waals surface area (Å²) in [4.78, 5) is 13.0. The van der Waals surface area contributed by atoms with Crippen molar-refractivity contribution < 1.29 is 39.8 Å². The number of allylic oxidation sites excluding steroid dienone is 18. The van der Waals surface area contributed by atoms with Crippen molar-refractivity contribution in [3.63, 3.8) is 0 Å². The molecule has 1 aliphatic heterocycles. The van der Waals surface area contributed by atoms with E-state index in [1.165, 1.54) is 51.4 Å². The fourth-order valence-corrected chi connectivity index (χ4v) is 6.98. The molecule has 7 unspecified atom stereocenters. The lowest BCUT2D eigenvalue weighted by Crippen LogP contribution is -2.60.